The lowest BCUT2D eigenvalue weighted by Gasteiger charge is -2.21. The van der Waals surface area contributed by atoms with E-state index < -0.39 is 0 Å². The number of ether oxygens (including phenoxy) is 1. The van der Waals surface area contributed by atoms with Crippen LogP contribution in [0, 0.1) is 20.8 Å². The van der Waals surface area contributed by atoms with Crippen molar-refractivity contribution in [1.29, 1.82) is 0 Å². The second-order valence-corrected chi connectivity index (χ2v) is 7.78. The van der Waals surface area contributed by atoms with Gasteiger partial charge >= 0.3 is 0 Å². The summed E-state index contributed by atoms with van der Waals surface area (Å²) in [6, 6.07) is 5.85. The van der Waals surface area contributed by atoms with Gasteiger partial charge in [-0.05, 0) is 50.8 Å². The van der Waals surface area contributed by atoms with Crippen molar-refractivity contribution in [3.8, 4) is 0 Å². The Morgan fingerprint density at radius 1 is 1.31 bits per heavy atom. The molecular weight excluding hydrogens is 350 g/mol. The average molecular weight is 371 g/mol. The quantitative estimate of drug-likeness (QED) is 0.692. The highest BCUT2D eigenvalue weighted by atomic mass is 32.1. The summed E-state index contributed by atoms with van der Waals surface area (Å²) in [6.07, 6.45) is 2.00. The summed E-state index contributed by atoms with van der Waals surface area (Å²) in [5, 5.41) is 4.57. The van der Waals surface area contributed by atoms with E-state index in [0.717, 1.165) is 35.2 Å². The predicted molar refractivity (Wildman–Crippen MR) is 101 cm³/mol. The van der Waals surface area contributed by atoms with Crippen molar-refractivity contribution >= 4 is 32.6 Å². The van der Waals surface area contributed by atoms with E-state index in [0.29, 0.717) is 23.1 Å². The average Bonchev–Trinajstić information content (AvgIpc) is 3.32. The molecule has 0 spiro atoms. The number of carbonyl (C=O) groups excluding carboxylic acids is 1. The first-order chi connectivity index (χ1) is 12.5. The third kappa shape index (κ3) is 3.24. The fourth-order valence-corrected chi connectivity index (χ4v) is 4.35. The standard InChI is InChI=1S/C19H21N3O3S/c1-11-7-12(2)17-15(8-11)20-19(26-17)22(10-14-5-4-6-24-14)18(23)16-9-13(3)25-21-16/h7-9,14H,4-6,10H2,1-3H3. The summed E-state index contributed by atoms with van der Waals surface area (Å²) in [6.45, 7) is 7.12. The summed E-state index contributed by atoms with van der Waals surface area (Å²) < 4.78 is 11.9. The maximum absolute atomic E-state index is 13.1. The molecule has 1 fully saturated rings. The van der Waals surface area contributed by atoms with Gasteiger partial charge in [0, 0.05) is 12.7 Å². The van der Waals surface area contributed by atoms with Crippen LogP contribution < -0.4 is 4.90 Å². The highest BCUT2D eigenvalue weighted by Crippen LogP contribution is 2.33. The van der Waals surface area contributed by atoms with Crippen molar-refractivity contribution in [2.45, 2.75) is 39.7 Å². The number of hydrogen-bond donors (Lipinski definition) is 0. The van der Waals surface area contributed by atoms with E-state index >= 15 is 0 Å². The van der Waals surface area contributed by atoms with E-state index in [1.54, 1.807) is 17.9 Å². The van der Waals surface area contributed by atoms with Gasteiger partial charge in [-0.2, -0.15) is 0 Å². The molecule has 0 aliphatic carbocycles. The number of anilines is 1. The number of rotatable bonds is 4. The lowest BCUT2D eigenvalue weighted by atomic mass is 10.1. The molecule has 1 aliphatic heterocycles. The summed E-state index contributed by atoms with van der Waals surface area (Å²) >= 11 is 1.53. The van der Waals surface area contributed by atoms with Crippen LogP contribution in [0.25, 0.3) is 10.2 Å². The van der Waals surface area contributed by atoms with Crippen molar-refractivity contribution in [1.82, 2.24) is 10.1 Å². The summed E-state index contributed by atoms with van der Waals surface area (Å²) in [5.74, 6) is 0.409. The molecule has 7 heteroatoms. The maximum atomic E-state index is 13.1. The molecule has 1 atom stereocenters. The van der Waals surface area contributed by atoms with Gasteiger partial charge in [0.15, 0.2) is 10.8 Å². The first kappa shape index (κ1) is 17.2. The molecule has 1 amide bonds. The Balaban J connectivity index is 1.74. The number of aryl methyl sites for hydroxylation is 3. The maximum Gasteiger partial charge on any atom is 0.282 e. The molecule has 6 nitrogen and oxygen atoms in total. The lowest BCUT2D eigenvalue weighted by Crippen LogP contribution is -2.37. The van der Waals surface area contributed by atoms with Crippen LogP contribution in [0.4, 0.5) is 5.13 Å². The summed E-state index contributed by atoms with van der Waals surface area (Å²) in [5.41, 5.74) is 3.55. The van der Waals surface area contributed by atoms with Gasteiger partial charge < -0.3 is 9.26 Å². The molecule has 1 unspecified atom stereocenters. The minimum absolute atomic E-state index is 0.0294. The van der Waals surface area contributed by atoms with Gasteiger partial charge in [-0.25, -0.2) is 4.98 Å². The van der Waals surface area contributed by atoms with Crippen LogP contribution in [0.3, 0.4) is 0 Å². The van der Waals surface area contributed by atoms with Crippen LogP contribution in [-0.4, -0.2) is 35.3 Å². The number of benzene rings is 1. The normalized spacial score (nSPS) is 17.1. The highest BCUT2D eigenvalue weighted by molar-refractivity contribution is 7.22. The number of nitrogens with zero attached hydrogens (tertiary/aromatic N) is 3. The van der Waals surface area contributed by atoms with Crippen molar-refractivity contribution in [2.24, 2.45) is 0 Å². The van der Waals surface area contributed by atoms with Crippen LogP contribution in [0.5, 0.6) is 0 Å². The minimum Gasteiger partial charge on any atom is -0.376 e. The van der Waals surface area contributed by atoms with Gasteiger partial charge in [0.1, 0.15) is 5.76 Å². The SMILES string of the molecule is Cc1cc(C)c2sc(N(CC3CCCO3)C(=O)c3cc(C)on3)nc2c1. The number of hydrogen-bond acceptors (Lipinski definition) is 6. The van der Waals surface area contributed by atoms with E-state index in [-0.39, 0.29) is 12.0 Å². The first-order valence-corrected chi connectivity index (χ1v) is 9.57. The Kier molecular flexibility index (Phi) is 4.50. The highest BCUT2D eigenvalue weighted by Gasteiger charge is 2.28. The van der Waals surface area contributed by atoms with Gasteiger partial charge in [0.25, 0.3) is 5.91 Å². The topological polar surface area (TPSA) is 68.5 Å². The Morgan fingerprint density at radius 3 is 2.85 bits per heavy atom. The number of thiazole rings is 1. The molecule has 26 heavy (non-hydrogen) atoms. The second-order valence-electron chi connectivity index (χ2n) is 6.80. The van der Waals surface area contributed by atoms with E-state index in [1.165, 1.54) is 16.9 Å². The smallest absolute Gasteiger partial charge is 0.282 e. The van der Waals surface area contributed by atoms with Crippen LogP contribution in [-0.2, 0) is 4.74 Å². The van der Waals surface area contributed by atoms with Crippen molar-refractivity contribution in [3.63, 3.8) is 0 Å². The van der Waals surface area contributed by atoms with Crippen LogP contribution >= 0.6 is 11.3 Å². The molecule has 0 radical (unpaired) electrons. The van der Waals surface area contributed by atoms with Gasteiger partial charge in [0.2, 0.25) is 0 Å². The summed E-state index contributed by atoms with van der Waals surface area (Å²) in [4.78, 5) is 19.5. The zero-order chi connectivity index (χ0) is 18.3. The van der Waals surface area contributed by atoms with Gasteiger partial charge in [0.05, 0.1) is 22.9 Å². The van der Waals surface area contributed by atoms with Gasteiger partial charge in [-0.3, -0.25) is 9.69 Å². The molecule has 0 saturated carbocycles. The minimum atomic E-state index is -0.203. The molecule has 3 heterocycles. The fourth-order valence-electron chi connectivity index (χ4n) is 3.33. The van der Waals surface area contributed by atoms with Gasteiger partial charge in [-0.1, -0.05) is 22.6 Å². The number of aromatic nitrogens is 2. The molecule has 1 saturated heterocycles. The Morgan fingerprint density at radius 2 is 2.15 bits per heavy atom. The third-order valence-corrected chi connectivity index (χ3v) is 5.77. The number of amides is 1. The molecule has 0 N–H and O–H groups in total. The Bertz CT molecular complexity index is 956. The fraction of sp³-hybridized carbons (Fsp3) is 0.421. The van der Waals surface area contributed by atoms with Gasteiger partial charge in [-0.15, -0.1) is 0 Å². The zero-order valence-corrected chi connectivity index (χ0v) is 15.9. The molecule has 0 bridgehead atoms. The summed E-state index contributed by atoms with van der Waals surface area (Å²) in [7, 11) is 0. The molecule has 136 valence electrons. The molecular formula is C19H21N3O3S. The predicted octanol–water partition coefficient (Wildman–Crippen LogP) is 4.04. The Hall–Kier alpha value is -2.25. The van der Waals surface area contributed by atoms with Crippen LogP contribution in [0.1, 0.15) is 40.2 Å². The Labute approximate surface area is 155 Å². The largest absolute Gasteiger partial charge is 0.376 e. The van der Waals surface area contributed by atoms with Crippen LogP contribution in [0.2, 0.25) is 0 Å². The number of carbonyl (C=O) groups is 1. The van der Waals surface area contributed by atoms with E-state index in [4.69, 9.17) is 14.2 Å². The van der Waals surface area contributed by atoms with E-state index in [2.05, 4.69) is 31.1 Å². The molecule has 2 aromatic heterocycles. The van der Waals surface area contributed by atoms with Crippen molar-refractivity contribution in [2.75, 3.05) is 18.1 Å². The molecule has 3 aromatic rings. The molecule has 1 aliphatic rings. The van der Waals surface area contributed by atoms with E-state index in [1.807, 2.05) is 0 Å². The molecule has 4 rings (SSSR count). The number of fused-ring (bicyclic) bond motifs is 1. The second kappa shape index (κ2) is 6.81. The van der Waals surface area contributed by atoms with Crippen molar-refractivity contribution < 1.29 is 14.1 Å². The zero-order valence-electron chi connectivity index (χ0n) is 15.1. The third-order valence-electron chi connectivity index (χ3n) is 4.54. The van der Waals surface area contributed by atoms with Crippen LogP contribution in [0.15, 0.2) is 22.7 Å². The monoisotopic (exact) mass is 371 g/mol. The van der Waals surface area contributed by atoms with Crippen molar-refractivity contribution in [3.05, 3.63) is 40.8 Å². The lowest BCUT2D eigenvalue weighted by molar-refractivity contribution is 0.0910. The molecule has 1 aromatic carbocycles. The first-order valence-electron chi connectivity index (χ1n) is 8.76. The van der Waals surface area contributed by atoms with E-state index in [9.17, 15) is 4.79 Å².